The average molecular weight is 381 g/mol. The quantitative estimate of drug-likeness (QED) is 0.811. The molecule has 6 heteroatoms. The zero-order chi connectivity index (χ0) is 19.3. The van der Waals surface area contributed by atoms with Crippen LogP contribution in [-0.2, 0) is 16.1 Å². The Labute approximate surface area is 165 Å². The minimum Gasteiger partial charge on any atom is -0.322 e. The maximum absolute atomic E-state index is 12.8. The lowest BCUT2D eigenvalue weighted by Crippen LogP contribution is -2.52. The number of carbonyl (C=O) groups is 3. The fourth-order valence-corrected chi connectivity index (χ4v) is 4.96. The predicted molar refractivity (Wildman–Crippen MR) is 104 cm³/mol. The van der Waals surface area contributed by atoms with Crippen molar-refractivity contribution in [2.45, 2.75) is 57.0 Å². The number of rotatable bonds is 4. The molecular formula is C22H27N3O3. The number of piperidine rings is 2. The number of amides is 3. The Kier molecular flexibility index (Phi) is 4.46. The molecule has 1 N–H and O–H groups in total. The number of fused-ring (bicyclic) bond motifs is 1. The molecule has 3 fully saturated rings. The Morgan fingerprint density at radius 2 is 1.79 bits per heavy atom. The van der Waals surface area contributed by atoms with Crippen LogP contribution in [0.15, 0.2) is 18.2 Å². The van der Waals surface area contributed by atoms with Gasteiger partial charge in [0, 0.05) is 25.1 Å². The molecule has 1 aromatic rings. The molecule has 1 unspecified atom stereocenters. The first kappa shape index (κ1) is 17.9. The minimum atomic E-state index is -0.535. The SMILES string of the molecule is O=C1CCC(N2Cc3cc(C4CCN(CC5CC5)CC4)ccc3C2=O)C(=O)N1. The molecule has 28 heavy (non-hydrogen) atoms. The number of nitrogens with one attached hydrogen (secondary N) is 1. The molecule has 4 aliphatic rings. The summed E-state index contributed by atoms with van der Waals surface area (Å²) in [5.74, 6) is 0.818. The van der Waals surface area contributed by atoms with Gasteiger partial charge in [-0.05, 0) is 74.2 Å². The van der Waals surface area contributed by atoms with E-state index in [0.717, 1.165) is 11.5 Å². The van der Waals surface area contributed by atoms with Crippen LogP contribution in [0.25, 0.3) is 0 Å². The van der Waals surface area contributed by atoms with Gasteiger partial charge in [0.15, 0.2) is 0 Å². The summed E-state index contributed by atoms with van der Waals surface area (Å²) in [5, 5.41) is 2.36. The topological polar surface area (TPSA) is 69.7 Å². The van der Waals surface area contributed by atoms with E-state index < -0.39 is 6.04 Å². The van der Waals surface area contributed by atoms with Crippen molar-refractivity contribution in [2.75, 3.05) is 19.6 Å². The number of benzene rings is 1. The van der Waals surface area contributed by atoms with E-state index in [2.05, 4.69) is 22.3 Å². The average Bonchev–Trinajstić information content (AvgIpc) is 3.45. The molecule has 1 aromatic carbocycles. The molecule has 0 spiro atoms. The zero-order valence-electron chi connectivity index (χ0n) is 16.2. The van der Waals surface area contributed by atoms with Crippen molar-refractivity contribution in [3.63, 3.8) is 0 Å². The van der Waals surface area contributed by atoms with Gasteiger partial charge in [0.1, 0.15) is 6.04 Å². The second kappa shape index (κ2) is 6.99. The number of hydrogen-bond acceptors (Lipinski definition) is 4. The molecule has 0 radical (unpaired) electrons. The third kappa shape index (κ3) is 3.34. The first-order valence-corrected chi connectivity index (χ1v) is 10.6. The van der Waals surface area contributed by atoms with Crippen molar-refractivity contribution in [1.29, 1.82) is 0 Å². The fourth-order valence-electron chi connectivity index (χ4n) is 4.96. The summed E-state index contributed by atoms with van der Waals surface area (Å²) in [7, 11) is 0. The van der Waals surface area contributed by atoms with Crippen molar-refractivity contribution >= 4 is 17.7 Å². The summed E-state index contributed by atoms with van der Waals surface area (Å²) >= 11 is 0. The lowest BCUT2D eigenvalue weighted by molar-refractivity contribution is -0.136. The maximum Gasteiger partial charge on any atom is 0.255 e. The lowest BCUT2D eigenvalue weighted by Gasteiger charge is -2.32. The van der Waals surface area contributed by atoms with Crippen LogP contribution >= 0.6 is 0 Å². The monoisotopic (exact) mass is 381 g/mol. The molecule has 148 valence electrons. The summed E-state index contributed by atoms with van der Waals surface area (Å²) in [5.41, 5.74) is 3.05. The van der Waals surface area contributed by atoms with Gasteiger partial charge in [-0.25, -0.2) is 0 Å². The Hall–Kier alpha value is -2.21. The van der Waals surface area contributed by atoms with E-state index in [1.54, 1.807) is 4.90 Å². The van der Waals surface area contributed by atoms with Crippen molar-refractivity contribution in [1.82, 2.24) is 15.1 Å². The minimum absolute atomic E-state index is 0.0877. The highest BCUT2D eigenvalue weighted by Crippen LogP contribution is 2.35. The highest BCUT2D eigenvalue weighted by atomic mass is 16.2. The van der Waals surface area contributed by atoms with Gasteiger partial charge < -0.3 is 9.80 Å². The first-order chi connectivity index (χ1) is 13.6. The van der Waals surface area contributed by atoms with E-state index >= 15 is 0 Å². The molecule has 1 aliphatic carbocycles. The van der Waals surface area contributed by atoms with E-state index in [1.807, 2.05) is 6.07 Å². The molecule has 0 aromatic heterocycles. The van der Waals surface area contributed by atoms with Crippen LogP contribution in [0.2, 0.25) is 0 Å². The Bertz CT molecular complexity index is 824. The van der Waals surface area contributed by atoms with Crippen LogP contribution in [0.1, 0.15) is 65.9 Å². The van der Waals surface area contributed by atoms with Gasteiger partial charge in [-0.1, -0.05) is 12.1 Å². The van der Waals surface area contributed by atoms with Crippen LogP contribution in [-0.4, -0.2) is 53.2 Å². The number of hydrogen-bond donors (Lipinski definition) is 1. The molecule has 5 rings (SSSR count). The summed E-state index contributed by atoms with van der Waals surface area (Å²) in [6.45, 7) is 4.07. The van der Waals surface area contributed by atoms with Gasteiger partial charge in [0.2, 0.25) is 11.8 Å². The van der Waals surface area contributed by atoms with Crippen molar-refractivity contribution in [3.05, 3.63) is 34.9 Å². The fraction of sp³-hybridized carbons (Fsp3) is 0.591. The van der Waals surface area contributed by atoms with Gasteiger partial charge in [0.25, 0.3) is 5.91 Å². The molecular weight excluding hydrogens is 354 g/mol. The summed E-state index contributed by atoms with van der Waals surface area (Å²) < 4.78 is 0. The second-order valence-corrected chi connectivity index (χ2v) is 8.83. The van der Waals surface area contributed by atoms with Gasteiger partial charge >= 0.3 is 0 Å². The van der Waals surface area contributed by atoms with E-state index in [-0.39, 0.29) is 17.7 Å². The molecule has 2 saturated heterocycles. The first-order valence-electron chi connectivity index (χ1n) is 10.6. The molecule has 3 aliphatic heterocycles. The summed E-state index contributed by atoms with van der Waals surface area (Å²) in [6.07, 6.45) is 5.87. The number of imide groups is 1. The van der Waals surface area contributed by atoms with Gasteiger partial charge in [-0.2, -0.15) is 0 Å². The van der Waals surface area contributed by atoms with E-state index in [0.29, 0.717) is 30.9 Å². The largest absolute Gasteiger partial charge is 0.322 e. The van der Waals surface area contributed by atoms with Crippen LogP contribution in [0, 0.1) is 5.92 Å². The molecule has 0 bridgehead atoms. The number of nitrogens with zero attached hydrogens (tertiary/aromatic N) is 2. The standard InChI is InChI=1S/C22H27N3O3/c26-20-6-5-19(21(27)23-20)25-13-17-11-16(3-4-18(17)22(25)28)15-7-9-24(10-8-15)12-14-1-2-14/h3-4,11,14-15,19H,1-2,5-10,12-13H2,(H,23,26,27). The molecule has 3 amide bonds. The third-order valence-corrected chi connectivity index (χ3v) is 6.82. The maximum atomic E-state index is 12.8. The van der Waals surface area contributed by atoms with Gasteiger partial charge in [-0.15, -0.1) is 0 Å². The Morgan fingerprint density at radius 1 is 1.00 bits per heavy atom. The molecule has 1 saturated carbocycles. The molecule has 6 nitrogen and oxygen atoms in total. The second-order valence-electron chi connectivity index (χ2n) is 8.83. The van der Waals surface area contributed by atoms with Crippen molar-refractivity contribution in [3.8, 4) is 0 Å². The highest BCUT2D eigenvalue weighted by Gasteiger charge is 2.39. The van der Waals surface area contributed by atoms with Crippen LogP contribution < -0.4 is 5.32 Å². The number of carbonyl (C=O) groups excluding carboxylic acids is 3. The van der Waals surface area contributed by atoms with E-state index in [1.165, 1.54) is 50.9 Å². The predicted octanol–water partition coefficient (Wildman–Crippen LogP) is 2.04. The Balaban J connectivity index is 1.27. The van der Waals surface area contributed by atoms with Crippen LogP contribution in [0.4, 0.5) is 0 Å². The van der Waals surface area contributed by atoms with Crippen molar-refractivity contribution < 1.29 is 14.4 Å². The van der Waals surface area contributed by atoms with E-state index in [4.69, 9.17) is 0 Å². The number of likely N-dealkylation sites (tertiary alicyclic amines) is 1. The van der Waals surface area contributed by atoms with Gasteiger partial charge in [-0.3, -0.25) is 19.7 Å². The summed E-state index contributed by atoms with van der Waals surface area (Å²) in [6, 6.07) is 5.69. The normalized spacial score (nSPS) is 26.5. The Morgan fingerprint density at radius 3 is 2.50 bits per heavy atom. The third-order valence-electron chi connectivity index (χ3n) is 6.82. The smallest absolute Gasteiger partial charge is 0.255 e. The van der Waals surface area contributed by atoms with Crippen molar-refractivity contribution in [2.24, 2.45) is 5.92 Å². The summed E-state index contributed by atoms with van der Waals surface area (Å²) in [4.78, 5) is 40.6. The molecule has 3 heterocycles. The van der Waals surface area contributed by atoms with E-state index in [9.17, 15) is 14.4 Å². The van der Waals surface area contributed by atoms with Crippen LogP contribution in [0.3, 0.4) is 0 Å². The van der Waals surface area contributed by atoms with Crippen LogP contribution in [0.5, 0.6) is 0 Å². The zero-order valence-corrected chi connectivity index (χ0v) is 16.2. The highest BCUT2D eigenvalue weighted by molar-refractivity contribution is 6.05. The van der Waals surface area contributed by atoms with Gasteiger partial charge in [0.05, 0.1) is 0 Å². The molecule has 1 atom stereocenters. The lowest BCUT2D eigenvalue weighted by atomic mass is 9.88.